The van der Waals surface area contributed by atoms with E-state index in [1.807, 2.05) is 30.3 Å². The van der Waals surface area contributed by atoms with Crippen LogP contribution in [0.15, 0.2) is 43.0 Å². The van der Waals surface area contributed by atoms with Gasteiger partial charge in [0.05, 0.1) is 19.8 Å². The summed E-state index contributed by atoms with van der Waals surface area (Å²) in [6.07, 6.45) is -3.27. The molecule has 0 radical (unpaired) electrons. The van der Waals surface area contributed by atoms with E-state index in [1.54, 1.807) is 0 Å². The molecule has 2 rings (SSSR count). The number of hydrogen-bond donors (Lipinski definition) is 3. The van der Waals surface area contributed by atoms with Crippen molar-refractivity contribution in [3.63, 3.8) is 0 Å². The van der Waals surface area contributed by atoms with Crippen LogP contribution in [0.5, 0.6) is 0 Å². The Morgan fingerprint density at radius 1 is 1.27 bits per heavy atom. The average molecular weight is 310 g/mol. The molecular formula is C16H22O6. The van der Waals surface area contributed by atoms with Gasteiger partial charge in [-0.1, -0.05) is 36.4 Å². The predicted molar refractivity (Wildman–Crippen MR) is 78.9 cm³/mol. The molecule has 3 N–H and O–H groups in total. The van der Waals surface area contributed by atoms with Crippen molar-refractivity contribution in [2.45, 2.75) is 37.3 Å². The SMILES string of the molecule is C=CCO[C@@H]1O[C@H]([C@H](O)CO)[C@@H](OCc2ccccc2)[C@H]1O. The second kappa shape index (κ2) is 8.38. The van der Waals surface area contributed by atoms with Gasteiger partial charge in [-0.3, -0.25) is 0 Å². The third kappa shape index (κ3) is 4.13. The van der Waals surface area contributed by atoms with E-state index in [4.69, 9.17) is 19.3 Å². The maximum Gasteiger partial charge on any atom is 0.187 e. The normalized spacial score (nSPS) is 29.4. The van der Waals surface area contributed by atoms with E-state index in [-0.39, 0.29) is 13.2 Å². The first kappa shape index (κ1) is 17.1. The van der Waals surface area contributed by atoms with Crippen LogP contribution in [0.3, 0.4) is 0 Å². The van der Waals surface area contributed by atoms with Gasteiger partial charge in [0.1, 0.15) is 24.4 Å². The lowest BCUT2D eigenvalue weighted by atomic mass is 10.1. The standard InChI is InChI=1S/C16H22O6/c1-2-8-20-16-13(19)15(14(22-16)12(18)9-17)21-10-11-6-4-3-5-7-11/h2-7,12-19H,1,8-10H2/t12-,13-,14-,15+,16-/m1/s1. The summed E-state index contributed by atoms with van der Waals surface area (Å²) in [5.74, 6) is 0. The predicted octanol–water partition coefficient (Wildman–Crippen LogP) is 0.213. The van der Waals surface area contributed by atoms with E-state index in [0.29, 0.717) is 0 Å². The molecule has 1 aromatic carbocycles. The molecule has 1 fully saturated rings. The van der Waals surface area contributed by atoms with Gasteiger partial charge < -0.3 is 29.5 Å². The van der Waals surface area contributed by atoms with Crippen molar-refractivity contribution in [2.24, 2.45) is 0 Å². The summed E-state index contributed by atoms with van der Waals surface area (Å²) in [5.41, 5.74) is 0.933. The van der Waals surface area contributed by atoms with E-state index >= 15 is 0 Å². The number of hydrogen-bond acceptors (Lipinski definition) is 6. The van der Waals surface area contributed by atoms with Gasteiger partial charge in [-0.15, -0.1) is 6.58 Å². The third-order valence-corrected chi connectivity index (χ3v) is 3.46. The van der Waals surface area contributed by atoms with Crippen LogP contribution in [-0.4, -0.2) is 59.2 Å². The van der Waals surface area contributed by atoms with Gasteiger partial charge in [-0.05, 0) is 5.56 Å². The minimum absolute atomic E-state index is 0.203. The minimum Gasteiger partial charge on any atom is -0.394 e. The highest BCUT2D eigenvalue weighted by Crippen LogP contribution is 2.28. The summed E-state index contributed by atoms with van der Waals surface area (Å²) in [4.78, 5) is 0. The number of aliphatic hydroxyl groups is 3. The third-order valence-electron chi connectivity index (χ3n) is 3.46. The van der Waals surface area contributed by atoms with Crippen LogP contribution in [0, 0.1) is 0 Å². The molecule has 5 atom stereocenters. The Labute approximate surface area is 129 Å². The van der Waals surface area contributed by atoms with Gasteiger partial charge in [-0.25, -0.2) is 0 Å². The van der Waals surface area contributed by atoms with E-state index in [9.17, 15) is 10.2 Å². The molecular weight excluding hydrogens is 288 g/mol. The molecule has 1 aliphatic heterocycles. The van der Waals surface area contributed by atoms with Crippen molar-refractivity contribution >= 4 is 0 Å². The van der Waals surface area contributed by atoms with E-state index in [1.165, 1.54) is 6.08 Å². The highest BCUT2D eigenvalue weighted by atomic mass is 16.7. The number of rotatable bonds is 8. The molecule has 6 heteroatoms. The summed E-state index contributed by atoms with van der Waals surface area (Å²) in [5, 5.41) is 29.2. The molecule has 0 unspecified atom stereocenters. The van der Waals surface area contributed by atoms with Crippen molar-refractivity contribution in [1.29, 1.82) is 0 Å². The van der Waals surface area contributed by atoms with E-state index in [0.717, 1.165) is 5.56 Å². The molecule has 0 saturated carbocycles. The van der Waals surface area contributed by atoms with Crippen molar-refractivity contribution in [2.75, 3.05) is 13.2 Å². The van der Waals surface area contributed by atoms with Crippen molar-refractivity contribution < 1.29 is 29.5 Å². The van der Waals surface area contributed by atoms with Gasteiger partial charge in [0, 0.05) is 0 Å². The summed E-state index contributed by atoms with van der Waals surface area (Å²) in [6, 6.07) is 9.46. The maximum absolute atomic E-state index is 10.3. The Kier molecular flexibility index (Phi) is 6.50. The van der Waals surface area contributed by atoms with Crippen molar-refractivity contribution in [3.05, 3.63) is 48.6 Å². The molecule has 0 aliphatic carbocycles. The van der Waals surface area contributed by atoms with Crippen LogP contribution in [0.1, 0.15) is 5.56 Å². The molecule has 22 heavy (non-hydrogen) atoms. The summed E-state index contributed by atoms with van der Waals surface area (Å²) in [7, 11) is 0. The lowest BCUT2D eigenvalue weighted by molar-refractivity contribution is -0.175. The Morgan fingerprint density at radius 2 is 2.00 bits per heavy atom. The molecule has 0 amide bonds. The van der Waals surface area contributed by atoms with E-state index in [2.05, 4.69) is 6.58 Å². The van der Waals surface area contributed by atoms with Gasteiger partial charge in [0.25, 0.3) is 0 Å². The lowest BCUT2D eigenvalue weighted by Gasteiger charge is -2.23. The highest BCUT2D eigenvalue weighted by Gasteiger charge is 2.48. The number of ether oxygens (including phenoxy) is 3. The second-order valence-electron chi connectivity index (χ2n) is 5.09. The zero-order valence-corrected chi connectivity index (χ0v) is 12.2. The van der Waals surface area contributed by atoms with Crippen molar-refractivity contribution in [3.8, 4) is 0 Å². The molecule has 122 valence electrons. The number of benzene rings is 1. The highest BCUT2D eigenvalue weighted by molar-refractivity contribution is 5.13. The monoisotopic (exact) mass is 310 g/mol. The van der Waals surface area contributed by atoms with Crippen LogP contribution in [-0.2, 0) is 20.8 Å². The van der Waals surface area contributed by atoms with Crippen LogP contribution >= 0.6 is 0 Å². The lowest BCUT2D eigenvalue weighted by Crippen LogP contribution is -2.42. The summed E-state index contributed by atoms with van der Waals surface area (Å²) in [6.45, 7) is 3.50. The Hall–Kier alpha value is -1.28. The molecule has 6 nitrogen and oxygen atoms in total. The van der Waals surface area contributed by atoms with E-state index < -0.39 is 37.3 Å². The van der Waals surface area contributed by atoms with Crippen LogP contribution in [0.2, 0.25) is 0 Å². The zero-order chi connectivity index (χ0) is 15.9. The Morgan fingerprint density at radius 3 is 2.64 bits per heavy atom. The van der Waals surface area contributed by atoms with Crippen LogP contribution in [0.25, 0.3) is 0 Å². The molecule has 1 saturated heterocycles. The molecule has 0 bridgehead atoms. The summed E-state index contributed by atoms with van der Waals surface area (Å²) < 4.78 is 16.5. The van der Waals surface area contributed by atoms with Crippen molar-refractivity contribution in [1.82, 2.24) is 0 Å². The molecule has 0 spiro atoms. The quantitative estimate of drug-likeness (QED) is 0.595. The summed E-state index contributed by atoms with van der Waals surface area (Å²) >= 11 is 0. The van der Waals surface area contributed by atoms with Gasteiger partial charge in [0.2, 0.25) is 0 Å². The number of aliphatic hydroxyl groups excluding tert-OH is 3. The van der Waals surface area contributed by atoms with Gasteiger partial charge in [-0.2, -0.15) is 0 Å². The maximum atomic E-state index is 10.3. The first-order valence-electron chi connectivity index (χ1n) is 7.18. The zero-order valence-electron chi connectivity index (χ0n) is 12.2. The topological polar surface area (TPSA) is 88.4 Å². The molecule has 1 heterocycles. The Balaban J connectivity index is 2.01. The molecule has 1 aromatic rings. The fourth-order valence-electron chi connectivity index (χ4n) is 2.34. The van der Waals surface area contributed by atoms with Gasteiger partial charge in [0.15, 0.2) is 6.29 Å². The van der Waals surface area contributed by atoms with Gasteiger partial charge >= 0.3 is 0 Å². The fourth-order valence-corrected chi connectivity index (χ4v) is 2.34. The molecule has 0 aromatic heterocycles. The van der Waals surface area contributed by atoms with Crippen LogP contribution in [0.4, 0.5) is 0 Å². The fraction of sp³-hybridized carbons (Fsp3) is 0.500. The second-order valence-corrected chi connectivity index (χ2v) is 5.09. The van der Waals surface area contributed by atoms with Crippen LogP contribution < -0.4 is 0 Å². The molecule has 1 aliphatic rings. The Bertz CT molecular complexity index is 451. The average Bonchev–Trinajstić information content (AvgIpc) is 2.87. The smallest absolute Gasteiger partial charge is 0.187 e. The first-order chi connectivity index (χ1) is 10.7. The minimum atomic E-state index is -1.16. The largest absolute Gasteiger partial charge is 0.394 e. The first-order valence-corrected chi connectivity index (χ1v) is 7.18.